The molecule has 0 saturated carbocycles. The summed E-state index contributed by atoms with van der Waals surface area (Å²) in [6.07, 6.45) is 1.58. The zero-order valence-corrected chi connectivity index (χ0v) is 16.7. The minimum Gasteiger partial charge on any atom is -0.378 e. The summed E-state index contributed by atoms with van der Waals surface area (Å²) in [5.74, 6) is 0.585. The van der Waals surface area contributed by atoms with Crippen LogP contribution in [0.4, 0.5) is 0 Å². The summed E-state index contributed by atoms with van der Waals surface area (Å²) in [5.41, 5.74) is 4.00. The maximum Gasteiger partial charge on any atom is 0.255 e. The number of methoxy groups -OCH3 is 1. The first-order valence-corrected chi connectivity index (χ1v) is 9.43. The number of aromatic nitrogens is 4. The second-order valence-electron chi connectivity index (χ2n) is 6.90. The van der Waals surface area contributed by atoms with Crippen LogP contribution >= 0.6 is 0 Å². The standard InChI is InChI=1S/C22H23N5O2/c1-15(21-25-18-11-7-8-12-19(18)26(21)2)24-22(28)17-13-23-27(20(17)14-29-3)16-9-5-4-6-10-16/h4-13,15H,14H2,1-3H3,(H,24,28). The second kappa shape index (κ2) is 7.89. The van der Waals surface area contributed by atoms with E-state index < -0.39 is 0 Å². The van der Waals surface area contributed by atoms with E-state index >= 15 is 0 Å². The number of imidazole rings is 1. The van der Waals surface area contributed by atoms with Gasteiger partial charge in [-0.05, 0) is 31.2 Å². The summed E-state index contributed by atoms with van der Waals surface area (Å²) in [6, 6.07) is 17.3. The average Bonchev–Trinajstić information content (AvgIpc) is 3.31. The minimum absolute atomic E-state index is 0.209. The first kappa shape index (κ1) is 18.9. The van der Waals surface area contributed by atoms with Crippen molar-refractivity contribution in [3.63, 3.8) is 0 Å². The molecule has 7 heteroatoms. The number of carbonyl (C=O) groups is 1. The number of benzene rings is 2. The van der Waals surface area contributed by atoms with Gasteiger partial charge < -0.3 is 14.6 Å². The van der Waals surface area contributed by atoms with Gasteiger partial charge in [-0.2, -0.15) is 5.10 Å². The molecule has 1 amide bonds. The monoisotopic (exact) mass is 389 g/mol. The zero-order valence-electron chi connectivity index (χ0n) is 16.7. The number of nitrogens with one attached hydrogen (secondary N) is 1. The number of amides is 1. The molecule has 29 heavy (non-hydrogen) atoms. The number of carbonyl (C=O) groups excluding carboxylic acids is 1. The predicted octanol–water partition coefficient (Wildman–Crippen LogP) is 3.40. The van der Waals surface area contributed by atoms with E-state index in [4.69, 9.17) is 4.74 Å². The van der Waals surface area contributed by atoms with Gasteiger partial charge in [0, 0.05) is 14.2 Å². The van der Waals surface area contributed by atoms with E-state index in [1.54, 1.807) is 18.0 Å². The van der Waals surface area contributed by atoms with Crippen molar-refractivity contribution in [3.05, 3.63) is 77.9 Å². The Morgan fingerprint density at radius 1 is 1.14 bits per heavy atom. The number of nitrogens with zero attached hydrogens (tertiary/aromatic N) is 4. The Bertz CT molecular complexity index is 1150. The van der Waals surface area contributed by atoms with E-state index in [2.05, 4.69) is 15.4 Å². The third kappa shape index (κ3) is 3.52. The van der Waals surface area contributed by atoms with Crippen LogP contribution in [-0.4, -0.2) is 32.3 Å². The number of ether oxygens (including phenoxy) is 1. The number of rotatable bonds is 6. The molecule has 148 valence electrons. The third-order valence-corrected chi connectivity index (χ3v) is 4.95. The average molecular weight is 389 g/mol. The fourth-order valence-corrected chi connectivity index (χ4v) is 3.52. The van der Waals surface area contributed by atoms with Crippen LogP contribution in [0, 0.1) is 0 Å². The van der Waals surface area contributed by atoms with Gasteiger partial charge in [-0.3, -0.25) is 4.79 Å². The van der Waals surface area contributed by atoms with E-state index in [0.29, 0.717) is 11.3 Å². The molecule has 4 rings (SSSR count). The fraction of sp³-hybridized carbons (Fsp3) is 0.227. The van der Waals surface area contributed by atoms with Gasteiger partial charge in [0.15, 0.2) is 0 Å². The maximum atomic E-state index is 13.0. The van der Waals surface area contributed by atoms with E-state index in [0.717, 1.165) is 22.5 Å². The van der Waals surface area contributed by atoms with Crippen LogP contribution in [0.15, 0.2) is 60.8 Å². The topological polar surface area (TPSA) is 74.0 Å². The van der Waals surface area contributed by atoms with Crippen LogP contribution < -0.4 is 5.32 Å². The van der Waals surface area contributed by atoms with Crippen molar-refractivity contribution >= 4 is 16.9 Å². The number of hydrogen-bond donors (Lipinski definition) is 1. The van der Waals surface area contributed by atoms with Crippen molar-refractivity contribution < 1.29 is 9.53 Å². The maximum absolute atomic E-state index is 13.0. The predicted molar refractivity (Wildman–Crippen MR) is 111 cm³/mol. The summed E-state index contributed by atoms with van der Waals surface area (Å²) in [4.78, 5) is 17.7. The molecular weight excluding hydrogens is 366 g/mol. The lowest BCUT2D eigenvalue weighted by Gasteiger charge is -2.14. The second-order valence-corrected chi connectivity index (χ2v) is 6.90. The Labute approximate surface area is 168 Å². The quantitative estimate of drug-likeness (QED) is 0.549. The Balaban J connectivity index is 1.62. The van der Waals surface area contributed by atoms with Crippen LogP contribution in [0.5, 0.6) is 0 Å². The normalized spacial score (nSPS) is 12.2. The summed E-state index contributed by atoms with van der Waals surface area (Å²) < 4.78 is 9.07. The van der Waals surface area contributed by atoms with Gasteiger partial charge in [-0.15, -0.1) is 0 Å². The third-order valence-electron chi connectivity index (χ3n) is 4.95. The fourth-order valence-electron chi connectivity index (χ4n) is 3.52. The van der Waals surface area contributed by atoms with Crippen molar-refractivity contribution in [3.8, 4) is 5.69 Å². The first-order chi connectivity index (χ1) is 14.1. The van der Waals surface area contributed by atoms with Crippen molar-refractivity contribution in [2.24, 2.45) is 7.05 Å². The SMILES string of the molecule is COCc1c(C(=O)NC(C)c2nc3ccccc3n2C)cnn1-c1ccccc1. The van der Waals surface area contributed by atoms with E-state index in [9.17, 15) is 4.79 Å². The van der Waals surface area contributed by atoms with Gasteiger partial charge >= 0.3 is 0 Å². The molecule has 1 unspecified atom stereocenters. The first-order valence-electron chi connectivity index (χ1n) is 9.43. The lowest BCUT2D eigenvalue weighted by Crippen LogP contribution is -2.29. The lowest BCUT2D eigenvalue weighted by atomic mass is 10.2. The highest BCUT2D eigenvalue weighted by Crippen LogP contribution is 2.21. The van der Waals surface area contributed by atoms with Crippen LogP contribution in [-0.2, 0) is 18.4 Å². The number of aryl methyl sites for hydroxylation is 1. The highest BCUT2D eigenvalue weighted by Gasteiger charge is 2.22. The highest BCUT2D eigenvalue weighted by atomic mass is 16.5. The van der Waals surface area contributed by atoms with Crippen molar-refractivity contribution in [2.45, 2.75) is 19.6 Å². The molecular formula is C22H23N5O2. The van der Waals surface area contributed by atoms with Gasteiger partial charge in [-0.1, -0.05) is 30.3 Å². The molecule has 0 saturated heterocycles. The summed E-state index contributed by atoms with van der Waals surface area (Å²) in [5, 5.41) is 7.46. The Morgan fingerprint density at radius 3 is 2.59 bits per heavy atom. The van der Waals surface area contributed by atoms with Crippen LogP contribution in [0.1, 0.15) is 34.8 Å². The molecule has 0 bridgehead atoms. The van der Waals surface area contributed by atoms with Gasteiger partial charge in [0.05, 0.1) is 46.8 Å². The van der Waals surface area contributed by atoms with Crippen molar-refractivity contribution in [1.29, 1.82) is 0 Å². The van der Waals surface area contributed by atoms with Gasteiger partial charge in [0.2, 0.25) is 0 Å². The molecule has 0 aliphatic rings. The smallest absolute Gasteiger partial charge is 0.255 e. The van der Waals surface area contributed by atoms with E-state index in [-0.39, 0.29) is 18.6 Å². The van der Waals surface area contributed by atoms with Crippen molar-refractivity contribution in [1.82, 2.24) is 24.6 Å². The Kier molecular flexibility index (Phi) is 5.14. The lowest BCUT2D eigenvalue weighted by molar-refractivity contribution is 0.0932. The summed E-state index contributed by atoms with van der Waals surface area (Å²) in [6.45, 7) is 2.20. The molecule has 0 aliphatic carbocycles. The molecule has 4 aromatic rings. The summed E-state index contributed by atoms with van der Waals surface area (Å²) >= 11 is 0. The molecule has 0 radical (unpaired) electrons. The number of hydrogen-bond acceptors (Lipinski definition) is 4. The Hall–Kier alpha value is -3.45. The highest BCUT2D eigenvalue weighted by molar-refractivity contribution is 5.95. The minimum atomic E-state index is -0.268. The Morgan fingerprint density at radius 2 is 1.86 bits per heavy atom. The van der Waals surface area contributed by atoms with Crippen LogP contribution in [0.3, 0.4) is 0 Å². The van der Waals surface area contributed by atoms with Crippen LogP contribution in [0.2, 0.25) is 0 Å². The molecule has 1 atom stereocenters. The number of fused-ring (bicyclic) bond motifs is 1. The summed E-state index contributed by atoms with van der Waals surface area (Å²) in [7, 11) is 3.56. The largest absolute Gasteiger partial charge is 0.378 e. The van der Waals surface area contributed by atoms with Gasteiger partial charge in [0.1, 0.15) is 5.82 Å². The molecule has 2 aromatic carbocycles. The molecule has 7 nitrogen and oxygen atoms in total. The molecule has 0 spiro atoms. The van der Waals surface area contributed by atoms with E-state index in [1.807, 2.05) is 73.1 Å². The molecule has 2 aromatic heterocycles. The zero-order chi connectivity index (χ0) is 20.4. The number of para-hydroxylation sites is 3. The molecule has 0 fully saturated rings. The van der Waals surface area contributed by atoms with Gasteiger partial charge in [0.25, 0.3) is 5.91 Å². The molecule has 1 N–H and O–H groups in total. The van der Waals surface area contributed by atoms with Crippen molar-refractivity contribution in [2.75, 3.05) is 7.11 Å². The van der Waals surface area contributed by atoms with E-state index in [1.165, 1.54) is 0 Å². The molecule has 2 heterocycles. The molecule has 0 aliphatic heterocycles. The van der Waals surface area contributed by atoms with Crippen LogP contribution in [0.25, 0.3) is 16.7 Å². The van der Waals surface area contributed by atoms with Gasteiger partial charge in [-0.25, -0.2) is 9.67 Å².